The second kappa shape index (κ2) is 3.20. The van der Waals surface area contributed by atoms with Crippen LogP contribution < -0.4 is 0 Å². The van der Waals surface area contributed by atoms with Gasteiger partial charge in [0.1, 0.15) is 0 Å². The maximum absolute atomic E-state index is 9.31. The molecule has 0 radical (unpaired) electrons. The van der Waals surface area contributed by atoms with E-state index in [1.165, 1.54) is 24.8 Å². The average Bonchev–Trinajstić information content (AvgIpc) is 1.88. The van der Waals surface area contributed by atoms with E-state index in [0.29, 0.717) is 5.92 Å². The van der Waals surface area contributed by atoms with Gasteiger partial charge in [0.25, 0.3) is 0 Å². The predicted octanol–water partition coefficient (Wildman–Crippen LogP) is 2.11. The molecule has 0 amide bonds. The Bertz CT molecular complexity index is 136. The van der Waals surface area contributed by atoms with Gasteiger partial charge in [-0.2, -0.15) is 0 Å². The van der Waals surface area contributed by atoms with Crippen molar-refractivity contribution in [3.63, 3.8) is 0 Å². The summed E-state index contributed by atoms with van der Waals surface area (Å²) in [6, 6.07) is 0. The zero-order valence-corrected chi connectivity index (χ0v) is 6.80. The van der Waals surface area contributed by atoms with E-state index in [4.69, 9.17) is 0 Å². The molecule has 0 aromatic heterocycles. The lowest BCUT2D eigenvalue weighted by Crippen LogP contribution is -2.19. The van der Waals surface area contributed by atoms with Gasteiger partial charge in [-0.25, -0.2) is 0 Å². The van der Waals surface area contributed by atoms with Crippen LogP contribution in [0.5, 0.6) is 0 Å². The van der Waals surface area contributed by atoms with Crippen molar-refractivity contribution in [2.75, 3.05) is 0 Å². The Morgan fingerprint density at radius 1 is 1.70 bits per heavy atom. The molecule has 0 aromatic carbocycles. The molecule has 0 aromatic rings. The summed E-state index contributed by atoms with van der Waals surface area (Å²) in [6.45, 7) is 4.00. The van der Waals surface area contributed by atoms with Gasteiger partial charge in [0.2, 0.25) is 0 Å². The van der Waals surface area contributed by atoms with E-state index in [0.717, 1.165) is 0 Å². The zero-order valence-electron chi connectivity index (χ0n) is 6.80. The molecule has 0 saturated heterocycles. The van der Waals surface area contributed by atoms with Crippen molar-refractivity contribution < 1.29 is 5.11 Å². The first-order valence-electron chi connectivity index (χ1n) is 4.06. The Kier molecular flexibility index (Phi) is 2.50. The predicted molar refractivity (Wildman–Crippen MR) is 42.8 cm³/mol. The molecule has 0 aliphatic heterocycles. The molecule has 0 heterocycles. The zero-order chi connectivity index (χ0) is 7.56. The van der Waals surface area contributed by atoms with Crippen LogP contribution in [0.2, 0.25) is 0 Å². The van der Waals surface area contributed by atoms with Crippen LogP contribution in [0.25, 0.3) is 0 Å². The third-order valence-electron chi connectivity index (χ3n) is 2.35. The molecule has 1 N–H and O–H groups in total. The minimum atomic E-state index is -0.156. The Morgan fingerprint density at radius 3 is 2.80 bits per heavy atom. The lowest BCUT2D eigenvalue weighted by Gasteiger charge is -2.24. The van der Waals surface area contributed by atoms with E-state index < -0.39 is 0 Å². The number of hydrogen-bond acceptors (Lipinski definition) is 1. The molecule has 0 fully saturated rings. The second-order valence-electron chi connectivity index (χ2n) is 3.23. The van der Waals surface area contributed by atoms with Crippen molar-refractivity contribution in [3.8, 4) is 0 Å². The Hall–Kier alpha value is -0.300. The fourth-order valence-electron chi connectivity index (χ4n) is 1.67. The summed E-state index contributed by atoms with van der Waals surface area (Å²) in [7, 11) is 0. The second-order valence-corrected chi connectivity index (χ2v) is 3.23. The van der Waals surface area contributed by atoms with E-state index in [9.17, 15) is 5.11 Å². The number of allylic oxidation sites excluding steroid dienone is 1. The van der Waals surface area contributed by atoms with E-state index >= 15 is 0 Å². The normalized spacial score (nSPS) is 29.5. The SMILES string of the molecule is CC1=CCCC[C@H]1[C@@H](C)O. The summed E-state index contributed by atoms with van der Waals surface area (Å²) >= 11 is 0. The first-order valence-corrected chi connectivity index (χ1v) is 4.06. The maximum Gasteiger partial charge on any atom is 0.0577 e. The quantitative estimate of drug-likeness (QED) is 0.553. The highest BCUT2D eigenvalue weighted by Crippen LogP contribution is 2.26. The minimum absolute atomic E-state index is 0.156. The highest BCUT2D eigenvalue weighted by Gasteiger charge is 2.18. The van der Waals surface area contributed by atoms with Crippen molar-refractivity contribution in [2.45, 2.75) is 39.2 Å². The molecule has 1 heteroatoms. The van der Waals surface area contributed by atoms with Gasteiger partial charge in [-0.3, -0.25) is 0 Å². The average molecular weight is 140 g/mol. The molecule has 58 valence electrons. The van der Waals surface area contributed by atoms with E-state index in [-0.39, 0.29) is 6.10 Å². The van der Waals surface area contributed by atoms with Crippen LogP contribution in [0.4, 0.5) is 0 Å². The molecule has 0 saturated carbocycles. The highest BCUT2D eigenvalue weighted by atomic mass is 16.3. The Labute approximate surface area is 62.8 Å². The molecule has 2 atom stereocenters. The summed E-state index contributed by atoms with van der Waals surface area (Å²) in [5, 5.41) is 9.31. The van der Waals surface area contributed by atoms with Gasteiger partial charge in [0, 0.05) is 5.92 Å². The molecule has 1 aliphatic rings. The van der Waals surface area contributed by atoms with Crippen LogP contribution >= 0.6 is 0 Å². The van der Waals surface area contributed by atoms with Crippen molar-refractivity contribution in [1.29, 1.82) is 0 Å². The third kappa shape index (κ3) is 1.60. The summed E-state index contributed by atoms with van der Waals surface area (Å²) < 4.78 is 0. The van der Waals surface area contributed by atoms with Crippen molar-refractivity contribution in [3.05, 3.63) is 11.6 Å². The smallest absolute Gasteiger partial charge is 0.0577 e. The van der Waals surface area contributed by atoms with Gasteiger partial charge in [0.05, 0.1) is 6.10 Å². The summed E-state index contributed by atoms with van der Waals surface area (Å²) in [5.74, 6) is 0.439. The van der Waals surface area contributed by atoms with Crippen LogP contribution in [0.1, 0.15) is 33.1 Å². The van der Waals surface area contributed by atoms with Crippen LogP contribution in [0.15, 0.2) is 11.6 Å². The standard InChI is InChI=1S/C9H16O/c1-7-5-3-4-6-9(7)8(2)10/h5,8-10H,3-4,6H2,1-2H3/t8-,9-/m1/s1. The van der Waals surface area contributed by atoms with Crippen molar-refractivity contribution >= 4 is 0 Å². The van der Waals surface area contributed by atoms with E-state index in [2.05, 4.69) is 13.0 Å². The van der Waals surface area contributed by atoms with Gasteiger partial charge in [-0.05, 0) is 33.1 Å². The molecule has 1 nitrogen and oxygen atoms in total. The molecule has 0 spiro atoms. The van der Waals surface area contributed by atoms with Gasteiger partial charge in [-0.1, -0.05) is 11.6 Å². The fraction of sp³-hybridized carbons (Fsp3) is 0.778. The fourth-order valence-corrected chi connectivity index (χ4v) is 1.67. The highest BCUT2D eigenvalue weighted by molar-refractivity contribution is 5.08. The number of aliphatic hydroxyl groups excluding tert-OH is 1. The molecule has 10 heavy (non-hydrogen) atoms. The number of hydrogen-bond donors (Lipinski definition) is 1. The lowest BCUT2D eigenvalue weighted by molar-refractivity contribution is 0.134. The van der Waals surface area contributed by atoms with Crippen molar-refractivity contribution in [2.24, 2.45) is 5.92 Å². The van der Waals surface area contributed by atoms with Gasteiger partial charge >= 0.3 is 0 Å². The van der Waals surface area contributed by atoms with Gasteiger partial charge < -0.3 is 5.11 Å². The van der Waals surface area contributed by atoms with Crippen LogP contribution in [0.3, 0.4) is 0 Å². The lowest BCUT2D eigenvalue weighted by atomic mass is 9.85. The van der Waals surface area contributed by atoms with Gasteiger partial charge in [0.15, 0.2) is 0 Å². The molecule has 1 aliphatic carbocycles. The van der Waals surface area contributed by atoms with Gasteiger partial charge in [-0.15, -0.1) is 0 Å². The topological polar surface area (TPSA) is 20.2 Å². The largest absolute Gasteiger partial charge is 0.393 e. The van der Waals surface area contributed by atoms with Crippen LogP contribution in [-0.2, 0) is 0 Å². The Balaban J connectivity index is 2.58. The Morgan fingerprint density at radius 2 is 2.40 bits per heavy atom. The monoisotopic (exact) mass is 140 g/mol. The molecule has 1 rings (SSSR count). The summed E-state index contributed by atoms with van der Waals surface area (Å²) in [6.07, 6.45) is 5.71. The molecule has 0 bridgehead atoms. The molecular formula is C9H16O. The summed E-state index contributed by atoms with van der Waals surface area (Å²) in [4.78, 5) is 0. The molecular weight excluding hydrogens is 124 g/mol. The van der Waals surface area contributed by atoms with Crippen LogP contribution in [0, 0.1) is 5.92 Å². The first-order chi connectivity index (χ1) is 4.72. The first kappa shape index (κ1) is 7.80. The summed E-state index contributed by atoms with van der Waals surface area (Å²) in [5.41, 5.74) is 1.38. The number of aliphatic hydroxyl groups is 1. The minimum Gasteiger partial charge on any atom is -0.393 e. The van der Waals surface area contributed by atoms with Crippen LogP contribution in [-0.4, -0.2) is 11.2 Å². The maximum atomic E-state index is 9.31. The van der Waals surface area contributed by atoms with Crippen molar-refractivity contribution in [1.82, 2.24) is 0 Å². The third-order valence-corrected chi connectivity index (χ3v) is 2.35. The molecule has 0 unspecified atom stereocenters. The number of rotatable bonds is 1. The van der Waals surface area contributed by atoms with E-state index in [1.807, 2.05) is 6.92 Å². The van der Waals surface area contributed by atoms with E-state index in [1.54, 1.807) is 0 Å².